The minimum atomic E-state index is 0.187. The first-order chi connectivity index (χ1) is 10.1. The average molecular weight is 293 g/mol. The van der Waals surface area contributed by atoms with Gasteiger partial charge < -0.3 is 14.7 Å². The van der Waals surface area contributed by atoms with Gasteiger partial charge in [-0.15, -0.1) is 0 Å². The zero-order chi connectivity index (χ0) is 15.2. The van der Waals surface area contributed by atoms with Crippen LogP contribution in [0.3, 0.4) is 0 Å². The Kier molecular flexibility index (Phi) is 5.79. The van der Waals surface area contributed by atoms with Gasteiger partial charge in [0, 0.05) is 24.7 Å². The summed E-state index contributed by atoms with van der Waals surface area (Å²) >= 11 is 0. The molecule has 0 radical (unpaired) electrons. The van der Waals surface area contributed by atoms with Crippen LogP contribution in [0.25, 0.3) is 0 Å². The molecule has 0 aromatic carbocycles. The van der Waals surface area contributed by atoms with Crippen molar-refractivity contribution in [1.82, 2.24) is 15.4 Å². The molecule has 1 atom stereocenters. The summed E-state index contributed by atoms with van der Waals surface area (Å²) in [4.78, 5) is 14.6. The molecule has 2 rings (SSSR count). The van der Waals surface area contributed by atoms with Crippen LogP contribution in [0.15, 0.2) is 4.52 Å². The van der Waals surface area contributed by atoms with E-state index in [1.165, 1.54) is 12.8 Å². The van der Waals surface area contributed by atoms with Gasteiger partial charge in [-0.2, -0.15) is 0 Å². The predicted octanol–water partition coefficient (Wildman–Crippen LogP) is 2.21. The number of aromatic nitrogens is 1. The molecule has 0 aliphatic carbocycles. The molecule has 1 saturated heterocycles. The van der Waals surface area contributed by atoms with Crippen LogP contribution < -0.4 is 5.32 Å². The second kappa shape index (κ2) is 7.59. The van der Waals surface area contributed by atoms with Crippen LogP contribution in [0.5, 0.6) is 0 Å². The van der Waals surface area contributed by atoms with Crippen molar-refractivity contribution in [2.24, 2.45) is 0 Å². The van der Waals surface area contributed by atoms with Crippen molar-refractivity contribution in [2.75, 3.05) is 19.6 Å². The van der Waals surface area contributed by atoms with Gasteiger partial charge >= 0.3 is 0 Å². The highest BCUT2D eigenvalue weighted by Crippen LogP contribution is 2.15. The first-order valence-corrected chi connectivity index (χ1v) is 8.04. The molecule has 1 aromatic rings. The molecule has 1 unspecified atom stereocenters. The molecule has 0 spiro atoms. The highest BCUT2D eigenvalue weighted by molar-refractivity contribution is 5.79. The van der Waals surface area contributed by atoms with E-state index in [1.54, 1.807) is 0 Å². The second-order valence-corrected chi connectivity index (χ2v) is 5.97. The van der Waals surface area contributed by atoms with Gasteiger partial charge in [-0.05, 0) is 39.7 Å². The van der Waals surface area contributed by atoms with Crippen LogP contribution in [0.2, 0.25) is 0 Å². The van der Waals surface area contributed by atoms with Crippen molar-refractivity contribution in [1.29, 1.82) is 0 Å². The zero-order valence-corrected chi connectivity index (χ0v) is 13.4. The van der Waals surface area contributed by atoms with Gasteiger partial charge in [0.1, 0.15) is 5.76 Å². The maximum absolute atomic E-state index is 12.6. The quantitative estimate of drug-likeness (QED) is 0.837. The number of hydrogen-bond acceptors (Lipinski definition) is 4. The van der Waals surface area contributed by atoms with E-state index in [4.69, 9.17) is 4.52 Å². The Hall–Kier alpha value is -1.36. The van der Waals surface area contributed by atoms with Crippen LogP contribution >= 0.6 is 0 Å². The van der Waals surface area contributed by atoms with Gasteiger partial charge in [0.2, 0.25) is 5.91 Å². The number of amides is 1. The summed E-state index contributed by atoms with van der Waals surface area (Å²) in [5, 5.41) is 7.41. The van der Waals surface area contributed by atoms with Crippen LogP contribution in [-0.4, -0.2) is 41.6 Å². The third-order valence-corrected chi connectivity index (χ3v) is 4.25. The van der Waals surface area contributed by atoms with Crippen molar-refractivity contribution in [3.8, 4) is 0 Å². The average Bonchev–Trinajstić information content (AvgIpc) is 3.08. The SMILES string of the molecule is CCCCN(CC1CCCN1)C(=O)Cc1c(C)noc1C. The molecular weight excluding hydrogens is 266 g/mol. The molecule has 2 heterocycles. The minimum Gasteiger partial charge on any atom is -0.361 e. The summed E-state index contributed by atoms with van der Waals surface area (Å²) in [7, 11) is 0. The Bertz CT molecular complexity index is 445. The third-order valence-electron chi connectivity index (χ3n) is 4.25. The van der Waals surface area contributed by atoms with E-state index in [1.807, 2.05) is 18.7 Å². The van der Waals surface area contributed by atoms with E-state index in [-0.39, 0.29) is 5.91 Å². The molecule has 0 saturated carbocycles. The van der Waals surface area contributed by atoms with Crippen LogP contribution in [-0.2, 0) is 11.2 Å². The fraction of sp³-hybridized carbons (Fsp3) is 0.750. The number of unbranched alkanes of at least 4 members (excludes halogenated alkanes) is 1. The standard InChI is InChI=1S/C16H27N3O2/c1-4-5-9-19(11-14-7-6-8-17-14)16(20)10-15-12(2)18-21-13(15)3/h14,17H,4-11H2,1-3H3. The molecule has 1 N–H and O–H groups in total. The Morgan fingerprint density at radius 2 is 2.29 bits per heavy atom. The Balaban J connectivity index is 1.99. The number of carbonyl (C=O) groups excluding carboxylic acids is 1. The first kappa shape index (κ1) is 16.0. The molecule has 1 amide bonds. The first-order valence-electron chi connectivity index (χ1n) is 8.04. The maximum Gasteiger partial charge on any atom is 0.227 e. The second-order valence-electron chi connectivity index (χ2n) is 5.97. The third kappa shape index (κ3) is 4.30. The molecule has 1 aliphatic heterocycles. The summed E-state index contributed by atoms with van der Waals surface area (Å²) in [5.74, 6) is 0.946. The molecule has 5 heteroatoms. The number of aryl methyl sites for hydroxylation is 2. The number of carbonyl (C=O) groups is 1. The summed E-state index contributed by atoms with van der Waals surface area (Å²) in [6, 6.07) is 0.454. The lowest BCUT2D eigenvalue weighted by atomic mass is 10.1. The van der Waals surface area contributed by atoms with Crippen LogP contribution in [0.4, 0.5) is 0 Å². The number of nitrogens with one attached hydrogen (secondary N) is 1. The monoisotopic (exact) mass is 293 g/mol. The van der Waals surface area contributed by atoms with Crippen molar-refractivity contribution >= 4 is 5.91 Å². The van der Waals surface area contributed by atoms with E-state index in [2.05, 4.69) is 17.4 Å². The highest BCUT2D eigenvalue weighted by atomic mass is 16.5. The zero-order valence-electron chi connectivity index (χ0n) is 13.4. The van der Waals surface area contributed by atoms with Gasteiger partial charge in [-0.25, -0.2) is 0 Å². The van der Waals surface area contributed by atoms with Gasteiger partial charge in [0.15, 0.2) is 0 Å². The molecular formula is C16H27N3O2. The van der Waals surface area contributed by atoms with E-state index < -0.39 is 0 Å². The highest BCUT2D eigenvalue weighted by Gasteiger charge is 2.23. The maximum atomic E-state index is 12.6. The Labute approximate surface area is 127 Å². The topological polar surface area (TPSA) is 58.4 Å². The Morgan fingerprint density at radius 3 is 2.86 bits per heavy atom. The fourth-order valence-corrected chi connectivity index (χ4v) is 2.86. The smallest absolute Gasteiger partial charge is 0.227 e. The van der Waals surface area contributed by atoms with Gasteiger partial charge in [-0.3, -0.25) is 4.79 Å². The largest absolute Gasteiger partial charge is 0.361 e. The van der Waals surface area contributed by atoms with E-state index in [0.717, 1.165) is 49.5 Å². The van der Waals surface area contributed by atoms with Crippen molar-refractivity contribution in [3.63, 3.8) is 0 Å². The van der Waals surface area contributed by atoms with E-state index in [9.17, 15) is 4.79 Å². The molecule has 1 fully saturated rings. The van der Waals surface area contributed by atoms with Gasteiger partial charge in [-0.1, -0.05) is 18.5 Å². The lowest BCUT2D eigenvalue weighted by Crippen LogP contribution is -2.42. The number of nitrogens with zero attached hydrogens (tertiary/aromatic N) is 2. The van der Waals surface area contributed by atoms with Crippen LogP contribution in [0.1, 0.15) is 49.6 Å². The van der Waals surface area contributed by atoms with Crippen molar-refractivity contribution in [3.05, 3.63) is 17.0 Å². The van der Waals surface area contributed by atoms with Crippen LogP contribution in [0, 0.1) is 13.8 Å². The summed E-state index contributed by atoms with van der Waals surface area (Å²) in [5.41, 5.74) is 1.77. The molecule has 118 valence electrons. The minimum absolute atomic E-state index is 0.187. The molecule has 1 aliphatic rings. The van der Waals surface area contributed by atoms with Crippen molar-refractivity contribution in [2.45, 2.75) is 58.9 Å². The number of hydrogen-bond donors (Lipinski definition) is 1. The lowest BCUT2D eigenvalue weighted by Gasteiger charge is -2.26. The summed E-state index contributed by atoms with van der Waals surface area (Å²) in [6.45, 7) is 8.67. The fourth-order valence-electron chi connectivity index (χ4n) is 2.86. The molecule has 0 bridgehead atoms. The van der Waals surface area contributed by atoms with E-state index >= 15 is 0 Å². The lowest BCUT2D eigenvalue weighted by molar-refractivity contribution is -0.130. The molecule has 21 heavy (non-hydrogen) atoms. The normalized spacial score (nSPS) is 18.1. The summed E-state index contributed by atoms with van der Waals surface area (Å²) < 4.78 is 5.16. The Morgan fingerprint density at radius 1 is 1.48 bits per heavy atom. The van der Waals surface area contributed by atoms with Gasteiger partial charge in [0.05, 0.1) is 12.1 Å². The molecule has 5 nitrogen and oxygen atoms in total. The molecule has 1 aromatic heterocycles. The summed E-state index contributed by atoms with van der Waals surface area (Å²) in [6.07, 6.45) is 4.94. The van der Waals surface area contributed by atoms with Gasteiger partial charge in [0.25, 0.3) is 0 Å². The number of rotatable bonds is 7. The van der Waals surface area contributed by atoms with Crippen molar-refractivity contribution < 1.29 is 9.32 Å². The van der Waals surface area contributed by atoms with E-state index in [0.29, 0.717) is 12.5 Å². The predicted molar refractivity (Wildman–Crippen MR) is 82.2 cm³/mol.